The average Bonchev–Trinajstić information content (AvgIpc) is 3.18. The van der Waals surface area contributed by atoms with Gasteiger partial charge in [0, 0.05) is 29.6 Å². The summed E-state index contributed by atoms with van der Waals surface area (Å²) in [6, 6.07) is 19.1. The molecule has 0 aliphatic rings. The summed E-state index contributed by atoms with van der Waals surface area (Å²) in [5.74, 6) is 0.616. The minimum Gasteiger partial charge on any atom is -0.375 e. The number of ether oxygens (including phenoxy) is 1. The van der Waals surface area contributed by atoms with Crippen molar-refractivity contribution in [3.63, 3.8) is 0 Å². The standard InChI is InChI=1S/C23H22N4O2/c1-16(14-29-15-17-5-3-2-4-6-17)25-23(28)19-7-8-20-21(13-19)27-22(26-20)18-9-11-24-12-10-18/h2-13,16H,14-15H2,1H3,(H,25,28)(H,26,27). The first-order valence-corrected chi connectivity index (χ1v) is 9.52. The Balaban J connectivity index is 1.37. The number of aromatic nitrogens is 3. The van der Waals surface area contributed by atoms with Crippen LogP contribution in [0.4, 0.5) is 0 Å². The molecule has 0 saturated heterocycles. The second kappa shape index (κ2) is 8.67. The number of hydrogen-bond donors (Lipinski definition) is 2. The van der Waals surface area contributed by atoms with Crippen LogP contribution >= 0.6 is 0 Å². The van der Waals surface area contributed by atoms with Crippen LogP contribution in [0.25, 0.3) is 22.4 Å². The molecular formula is C23H22N4O2. The zero-order valence-electron chi connectivity index (χ0n) is 16.1. The summed E-state index contributed by atoms with van der Waals surface area (Å²) < 4.78 is 5.70. The lowest BCUT2D eigenvalue weighted by Gasteiger charge is -2.14. The molecule has 0 aliphatic heterocycles. The number of benzene rings is 2. The summed E-state index contributed by atoms with van der Waals surface area (Å²) in [5.41, 5.74) is 4.27. The van der Waals surface area contributed by atoms with Gasteiger partial charge in [0.05, 0.1) is 24.2 Å². The van der Waals surface area contributed by atoms with Crippen molar-refractivity contribution in [2.45, 2.75) is 19.6 Å². The van der Waals surface area contributed by atoms with Crippen molar-refractivity contribution < 1.29 is 9.53 Å². The van der Waals surface area contributed by atoms with Gasteiger partial charge in [-0.15, -0.1) is 0 Å². The fraction of sp³-hybridized carbons (Fsp3) is 0.174. The van der Waals surface area contributed by atoms with Gasteiger partial charge in [-0.3, -0.25) is 9.78 Å². The van der Waals surface area contributed by atoms with E-state index in [0.29, 0.717) is 18.8 Å². The number of imidazole rings is 1. The van der Waals surface area contributed by atoms with Crippen LogP contribution in [-0.2, 0) is 11.3 Å². The molecule has 6 nitrogen and oxygen atoms in total. The molecule has 2 heterocycles. The van der Waals surface area contributed by atoms with E-state index in [0.717, 1.165) is 28.0 Å². The van der Waals surface area contributed by atoms with Crippen LogP contribution in [0.1, 0.15) is 22.8 Å². The van der Waals surface area contributed by atoms with E-state index in [4.69, 9.17) is 4.74 Å². The first-order chi connectivity index (χ1) is 14.2. The number of hydrogen-bond acceptors (Lipinski definition) is 4. The molecule has 0 spiro atoms. The Morgan fingerprint density at radius 3 is 2.69 bits per heavy atom. The first-order valence-electron chi connectivity index (χ1n) is 9.52. The number of rotatable bonds is 7. The maximum atomic E-state index is 12.6. The van der Waals surface area contributed by atoms with Gasteiger partial charge in [-0.25, -0.2) is 4.98 Å². The summed E-state index contributed by atoms with van der Waals surface area (Å²) in [7, 11) is 0. The lowest BCUT2D eigenvalue weighted by Crippen LogP contribution is -2.35. The summed E-state index contributed by atoms with van der Waals surface area (Å²) in [6.07, 6.45) is 3.45. The highest BCUT2D eigenvalue weighted by molar-refractivity contribution is 5.97. The molecule has 0 saturated carbocycles. The van der Waals surface area contributed by atoms with Gasteiger partial charge >= 0.3 is 0 Å². The van der Waals surface area contributed by atoms with E-state index in [1.165, 1.54) is 0 Å². The van der Waals surface area contributed by atoms with Crippen LogP contribution in [0.2, 0.25) is 0 Å². The maximum Gasteiger partial charge on any atom is 0.251 e. The van der Waals surface area contributed by atoms with Crippen molar-refractivity contribution in [3.8, 4) is 11.4 Å². The van der Waals surface area contributed by atoms with E-state index in [-0.39, 0.29) is 11.9 Å². The molecule has 1 amide bonds. The molecule has 4 rings (SSSR count). The van der Waals surface area contributed by atoms with Crippen molar-refractivity contribution >= 4 is 16.9 Å². The van der Waals surface area contributed by atoms with Crippen molar-refractivity contribution in [1.82, 2.24) is 20.3 Å². The number of carbonyl (C=O) groups is 1. The smallest absolute Gasteiger partial charge is 0.251 e. The summed E-state index contributed by atoms with van der Waals surface area (Å²) in [4.78, 5) is 24.5. The topological polar surface area (TPSA) is 79.9 Å². The fourth-order valence-corrected chi connectivity index (χ4v) is 3.07. The van der Waals surface area contributed by atoms with E-state index in [1.54, 1.807) is 18.5 Å². The van der Waals surface area contributed by atoms with Gasteiger partial charge in [0.1, 0.15) is 5.82 Å². The Morgan fingerprint density at radius 2 is 1.90 bits per heavy atom. The SMILES string of the molecule is CC(COCc1ccccc1)NC(=O)c1ccc2nc(-c3ccncc3)[nH]c2c1. The van der Waals surface area contributed by atoms with E-state index in [1.807, 2.05) is 61.5 Å². The Bertz CT molecular complexity index is 1090. The minimum absolute atomic E-state index is 0.101. The molecule has 29 heavy (non-hydrogen) atoms. The third kappa shape index (κ3) is 4.67. The van der Waals surface area contributed by atoms with Crippen LogP contribution in [0.15, 0.2) is 73.1 Å². The number of pyridine rings is 1. The van der Waals surface area contributed by atoms with Gasteiger partial charge in [-0.1, -0.05) is 30.3 Å². The zero-order valence-corrected chi connectivity index (χ0v) is 16.1. The molecule has 1 unspecified atom stereocenters. The van der Waals surface area contributed by atoms with Crippen molar-refractivity contribution in [2.24, 2.45) is 0 Å². The monoisotopic (exact) mass is 386 g/mol. The lowest BCUT2D eigenvalue weighted by atomic mass is 10.2. The number of nitrogens with zero attached hydrogens (tertiary/aromatic N) is 2. The molecule has 4 aromatic rings. The Morgan fingerprint density at radius 1 is 1.10 bits per heavy atom. The largest absolute Gasteiger partial charge is 0.375 e. The van der Waals surface area contributed by atoms with Gasteiger partial charge in [-0.2, -0.15) is 0 Å². The third-order valence-corrected chi connectivity index (χ3v) is 4.55. The Labute approximate surface area is 169 Å². The van der Waals surface area contributed by atoms with Gasteiger partial charge in [0.2, 0.25) is 0 Å². The van der Waals surface area contributed by atoms with E-state index < -0.39 is 0 Å². The van der Waals surface area contributed by atoms with E-state index in [2.05, 4.69) is 20.3 Å². The number of H-pyrrole nitrogens is 1. The average molecular weight is 386 g/mol. The third-order valence-electron chi connectivity index (χ3n) is 4.55. The molecule has 6 heteroatoms. The Kier molecular flexibility index (Phi) is 5.63. The zero-order chi connectivity index (χ0) is 20.1. The number of carbonyl (C=O) groups excluding carboxylic acids is 1. The molecule has 0 bridgehead atoms. The van der Waals surface area contributed by atoms with Crippen molar-refractivity contribution in [1.29, 1.82) is 0 Å². The fourth-order valence-electron chi connectivity index (χ4n) is 3.07. The number of aromatic amines is 1. The van der Waals surface area contributed by atoms with Crippen molar-refractivity contribution in [2.75, 3.05) is 6.61 Å². The number of fused-ring (bicyclic) bond motifs is 1. The summed E-state index contributed by atoms with van der Waals surface area (Å²) in [5, 5.41) is 2.98. The highest BCUT2D eigenvalue weighted by Gasteiger charge is 2.12. The second-order valence-corrected chi connectivity index (χ2v) is 6.93. The van der Waals surface area contributed by atoms with Crippen molar-refractivity contribution in [3.05, 3.63) is 84.2 Å². The summed E-state index contributed by atoms with van der Waals surface area (Å²) in [6.45, 7) is 2.90. The number of amides is 1. The minimum atomic E-state index is -0.136. The maximum absolute atomic E-state index is 12.6. The first kappa shape index (κ1) is 18.8. The molecule has 0 aliphatic carbocycles. The lowest BCUT2D eigenvalue weighted by molar-refractivity contribution is 0.0820. The predicted octanol–water partition coefficient (Wildman–Crippen LogP) is 3.96. The van der Waals surface area contributed by atoms with Gasteiger partial charge in [0.25, 0.3) is 5.91 Å². The normalized spacial score (nSPS) is 12.0. The Hall–Kier alpha value is -3.51. The van der Waals surface area contributed by atoms with Crippen LogP contribution in [0.5, 0.6) is 0 Å². The summed E-state index contributed by atoms with van der Waals surface area (Å²) >= 11 is 0. The van der Waals surface area contributed by atoms with Crippen LogP contribution in [0.3, 0.4) is 0 Å². The van der Waals surface area contributed by atoms with Gasteiger partial charge < -0.3 is 15.0 Å². The highest BCUT2D eigenvalue weighted by Crippen LogP contribution is 2.20. The number of nitrogens with one attached hydrogen (secondary N) is 2. The second-order valence-electron chi connectivity index (χ2n) is 6.93. The van der Waals surface area contributed by atoms with Crippen LogP contribution in [0, 0.1) is 0 Å². The van der Waals surface area contributed by atoms with Gasteiger partial charge in [-0.05, 0) is 42.8 Å². The molecule has 0 fully saturated rings. The molecular weight excluding hydrogens is 364 g/mol. The van der Waals surface area contributed by atoms with E-state index >= 15 is 0 Å². The molecule has 146 valence electrons. The van der Waals surface area contributed by atoms with Crippen LogP contribution < -0.4 is 5.32 Å². The molecule has 2 aromatic heterocycles. The van der Waals surface area contributed by atoms with Gasteiger partial charge in [0.15, 0.2) is 0 Å². The molecule has 2 aromatic carbocycles. The molecule has 0 radical (unpaired) electrons. The quantitative estimate of drug-likeness (QED) is 0.504. The highest BCUT2D eigenvalue weighted by atomic mass is 16.5. The predicted molar refractivity (Wildman–Crippen MR) is 112 cm³/mol. The molecule has 2 N–H and O–H groups in total. The molecule has 1 atom stereocenters. The van der Waals surface area contributed by atoms with E-state index in [9.17, 15) is 4.79 Å². The van der Waals surface area contributed by atoms with Crippen LogP contribution in [-0.4, -0.2) is 33.5 Å².